The Labute approximate surface area is 104 Å². The summed E-state index contributed by atoms with van der Waals surface area (Å²) in [5.74, 6) is 0. The molecule has 0 fully saturated rings. The van der Waals surface area contributed by atoms with Crippen molar-refractivity contribution in [2.75, 3.05) is 0 Å². The van der Waals surface area contributed by atoms with E-state index in [0.29, 0.717) is 0 Å². The molecular formula is C16H11NO. The quantitative estimate of drug-likeness (QED) is 0.478. The number of hydrogen-bond acceptors (Lipinski definition) is 1. The van der Waals surface area contributed by atoms with E-state index >= 15 is 0 Å². The minimum Gasteiger partial charge on any atom is -0.472 e. The van der Waals surface area contributed by atoms with Crippen LogP contribution in [0.15, 0.2) is 71.7 Å². The van der Waals surface area contributed by atoms with Crippen molar-refractivity contribution in [3.63, 3.8) is 0 Å². The normalized spacial score (nSPS) is 11.3. The molecule has 0 saturated heterocycles. The highest BCUT2D eigenvalue weighted by Crippen LogP contribution is 2.30. The molecule has 0 atom stereocenters. The lowest BCUT2D eigenvalue weighted by Gasteiger charge is -2.01. The number of nitrogens with zero attached hydrogens (tertiary/aromatic N) is 1. The van der Waals surface area contributed by atoms with Gasteiger partial charge in [-0.25, -0.2) is 0 Å². The summed E-state index contributed by atoms with van der Waals surface area (Å²) in [5.41, 5.74) is 4.73. The first-order chi connectivity index (χ1) is 8.92. The SMILES string of the molecule is c1ccc2c(c1)ccn2-c1cc2ccocc-2c1. The molecule has 4 rings (SSSR count). The van der Waals surface area contributed by atoms with Gasteiger partial charge in [-0.15, -0.1) is 0 Å². The molecule has 18 heavy (non-hydrogen) atoms. The first-order valence-corrected chi connectivity index (χ1v) is 5.94. The summed E-state index contributed by atoms with van der Waals surface area (Å²) in [5, 5.41) is 1.26. The molecule has 2 heterocycles. The van der Waals surface area contributed by atoms with Gasteiger partial charge in [0.1, 0.15) is 0 Å². The second kappa shape index (κ2) is 3.50. The summed E-state index contributed by atoms with van der Waals surface area (Å²) in [7, 11) is 0. The van der Waals surface area contributed by atoms with Gasteiger partial charge in [0.05, 0.1) is 18.0 Å². The molecule has 86 valence electrons. The largest absolute Gasteiger partial charge is 0.472 e. The monoisotopic (exact) mass is 233 g/mol. The average Bonchev–Trinajstić information content (AvgIpc) is 3.02. The third-order valence-corrected chi connectivity index (χ3v) is 3.34. The molecule has 0 unspecified atom stereocenters. The predicted molar refractivity (Wildman–Crippen MR) is 72.2 cm³/mol. The number of rotatable bonds is 1. The average molecular weight is 233 g/mol. The van der Waals surface area contributed by atoms with Crippen molar-refractivity contribution >= 4 is 10.9 Å². The maximum atomic E-state index is 5.20. The molecule has 1 aliphatic carbocycles. The van der Waals surface area contributed by atoms with Crippen LogP contribution in [-0.4, -0.2) is 4.57 Å². The zero-order valence-corrected chi connectivity index (χ0v) is 9.71. The Hall–Kier alpha value is -2.48. The Morgan fingerprint density at radius 2 is 1.78 bits per heavy atom. The van der Waals surface area contributed by atoms with Gasteiger partial charge in [0, 0.05) is 17.4 Å². The van der Waals surface area contributed by atoms with E-state index in [1.165, 1.54) is 22.2 Å². The summed E-state index contributed by atoms with van der Waals surface area (Å²) < 4.78 is 7.40. The van der Waals surface area contributed by atoms with Crippen molar-refractivity contribution in [3.05, 3.63) is 67.3 Å². The Balaban J connectivity index is 2.00. The van der Waals surface area contributed by atoms with E-state index in [9.17, 15) is 0 Å². The molecule has 0 amide bonds. The smallest absolute Gasteiger partial charge is 0.0980 e. The lowest BCUT2D eigenvalue weighted by atomic mass is 10.2. The minimum absolute atomic E-state index is 1.13. The van der Waals surface area contributed by atoms with E-state index in [0.717, 1.165) is 5.56 Å². The van der Waals surface area contributed by atoms with Gasteiger partial charge in [-0.1, -0.05) is 18.2 Å². The second-order valence-electron chi connectivity index (χ2n) is 4.43. The van der Waals surface area contributed by atoms with E-state index in [-0.39, 0.29) is 0 Å². The molecule has 2 aromatic rings. The molecule has 0 radical (unpaired) electrons. The lowest BCUT2D eigenvalue weighted by molar-refractivity contribution is 0.552. The Kier molecular flexibility index (Phi) is 1.86. The van der Waals surface area contributed by atoms with Crippen LogP contribution < -0.4 is 0 Å². The van der Waals surface area contributed by atoms with Crippen molar-refractivity contribution in [1.82, 2.24) is 4.57 Å². The standard InChI is InChI=1S/C16H11NO/c1-2-4-16-12(3-1)5-7-17(16)15-9-13-6-8-18-11-14(13)10-15/h1-11H. The molecule has 0 bridgehead atoms. The third-order valence-electron chi connectivity index (χ3n) is 3.34. The minimum atomic E-state index is 1.13. The summed E-state index contributed by atoms with van der Waals surface area (Å²) in [6, 6.07) is 16.8. The fourth-order valence-electron chi connectivity index (χ4n) is 2.45. The zero-order chi connectivity index (χ0) is 11.9. The van der Waals surface area contributed by atoms with E-state index in [1.807, 2.05) is 6.07 Å². The van der Waals surface area contributed by atoms with Gasteiger partial charge in [-0.3, -0.25) is 0 Å². The third kappa shape index (κ3) is 1.29. The van der Waals surface area contributed by atoms with E-state index in [2.05, 4.69) is 53.2 Å². The van der Waals surface area contributed by atoms with Gasteiger partial charge in [0.25, 0.3) is 0 Å². The van der Waals surface area contributed by atoms with Crippen molar-refractivity contribution in [2.45, 2.75) is 0 Å². The lowest BCUT2D eigenvalue weighted by Crippen LogP contribution is -1.87. The van der Waals surface area contributed by atoms with Gasteiger partial charge < -0.3 is 8.98 Å². The van der Waals surface area contributed by atoms with Crippen LogP contribution in [-0.2, 0) is 0 Å². The molecule has 1 aliphatic heterocycles. The van der Waals surface area contributed by atoms with Crippen LogP contribution in [0.25, 0.3) is 27.7 Å². The van der Waals surface area contributed by atoms with Crippen molar-refractivity contribution < 1.29 is 4.42 Å². The molecule has 1 aromatic carbocycles. The van der Waals surface area contributed by atoms with Crippen LogP contribution in [0.2, 0.25) is 0 Å². The van der Waals surface area contributed by atoms with Gasteiger partial charge >= 0.3 is 0 Å². The maximum absolute atomic E-state index is 5.20. The first kappa shape index (κ1) is 9.54. The molecule has 2 nitrogen and oxygen atoms in total. The summed E-state index contributed by atoms with van der Waals surface area (Å²) >= 11 is 0. The maximum Gasteiger partial charge on any atom is 0.0980 e. The Morgan fingerprint density at radius 3 is 2.72 bits per heavy atom. The molecular weight excluding hydrogens is 222 g/mol. The van der Waals surface area contributed by atoms with Crippen LogP contribution in [0, 0.1) is 0 Å². The molecule has 0 spiro atoms. The second-order valence-corrected chi connectivity index (χ2v) is 4.43. The number of para-hydroxylation sites is 1. The highest BCUT2D eigenvalue weighted by molar-refractivity contribution is 5.83. The number of fused-ring (bicyclic) bond motifs is 2. The highest BCUT2D eigenvalue weighted by atomic mass is 16.3. The van der Waals surface area contributed by atoms with Gasteiger partial charge in [-0.05, 0) is 41.3 Å². The Morgan fingerprint density at radius 1 is 0.889 bits per heavy atom. The highest BCUT2D eigenvalue weighted by Gasteiger charge is 2.09. The number of aromatic nitrogens is 1. The van der Waals surface area contributed by atoms with E-state index in [4.69, 9.17) is 4.42 Å². The van der Waals surface area contributed by atoms with Crippen LogP contribution in [0.5, 0.6) is 0 Å². The fraction of sp³-hybridized carbons (Fsp3) is 0. The topological polar surface area (TPSA) is 18.1 Å². The van der Waals surface area contributed by atoms with Crippen LogP contribution >= 0.6 is 0 Å². The van der Waals surface area contributed by atoms with E-state index in [1.54, 1.807) is 12.5 Å². The van der Waals surface area contributed by atoms with Crippen molar-refractivity contribution in [1.29, 1.82) is 0 Å². The first-order valence-electron chi connectivity index (χ1n) is 5.94. The molecule has 1 aromatic heterocycles. The predicted octanol–water partition coefficient (Wildman–Crippen LogP) is 4.33. The van der Waals surface area contributed by atoms with Crippen molar-refractivity contribution in [2.24, 2.45) is 0 Å². The van der Waals surface area contributed by atoms with Gasteiger partial charge in [0.2, 0.25) is 0 Å². The van der Waals surface area contributed by atoms with Crippen LogP contribution in [0.3, 0.4) is 0 Å². The Bertz CT molecular complexity index is 764. The zero-order valence-electron chi connectivity index (χ0n) is 9.71. The molecule has 0 saturated carbocycles. The van der Waals surface area contributed by atoms with E-state index < -0.39 is 0 Å². The van der Waals surface area contributed by atoms with Crippen molar-refractivity contribution in [3.8, 4) is 16.8 Å². The van der Waals surface area contributed by atoms with Crippen LogP contribution in [0.4, 0.5) is 0 Å². The van der Waals surface area contributed by atoms with Gasteiger partial charge in [-0.2, -0.15) is 0 Å². The molecule has 2 heteroatoms. The summed E-state index contributed by atoms with van der Waals surface area (Å²) in [6.07, 6.45) is 5.60. The number of hydrogen-bond donors (Lipinski definition) is 0. The molecule has 0 N–H and O–H groups in total. The van der Waals surface area contributed by atoms with Gasteiger partial charge in [0.15, 0.2) is 0 Å². The number of benzene rings is 1. The molecule has 2 aliphatic rings. The fourth-order valence-corrected chi connectivity index (χ4v) is 2.45. The summed E-state index contributed by atoms with van der Waals surface area (Å²) in [6.45, 7) is 0. The van der Waals surface area contributed by atoms with Crippen LogP contribution in [0.1, 0.15) is 0 Å². The summed E-state index contributed by atoms with van der Waals surface area (Å²) in [4.78, 5) is 0.